The highest BCUT2D eigenvalue weighted by atomic mass is 35.5. The fourth-order valence-corrected chi connectivity index (χ4v) is 2.91. The van der Waals surface area contributed by atoms with Gasteiger partial charge in [0.05, 0.1) is 16.1 Å². The average molecular weight is 387 g/mol. The number of fused-ring (bicyclic) bond motifs is 1. The summed E-state index contributed by atoms with van der Waals surface area (Å²) in [4.78, 5) is 12.9. The molecule has 0 spiro atoms. The van der Waals surface area contributed by atoms with Gasteiger partial charge in [0.25, 0.3) is 0 Å². The molecule has 2 heterocycles. The Bertz CT molecular complexity index is 1170. The molecule has 4 rings (SSSR count). The molecule has 0 fully saturated rings. The Hall–Kier alpha value is -3.26. The van der Waals surface area contributed by atoms with Gasteiger partial charge in [-0.25, -0.2) is 13.8 Å². The Kier molecular flexibility index (Phi) is 4.12. The third-order valence-electron chi connectivity index (χ3n) is 3.92. The minimum Gasteiger partial charge on any atom is -0.383 e. The third-order valence-corrected chi connectivity index (χ3v) is 4.23. The van der Waals surface area contributed by atoms with E-state index in [0.29, 0.717) is 28.4 Å². The number of anilines is 3. The van der Waals surface area contributed by atoms with Crippen LogP contribution < -0.4 is 11.1 Å². The van der Waals surface area contributed by atoms with E-state index in [1.807, 2.05) is 0 Å². The summed E-state index contributed by atoms with van der Waals surface area (Å²) in [7, 11) is 0. The number of nitrogen functional groups attached to an aromatic ring is 1. The molecule has 0 atom stereocenters. The summed E-state index contributed by atoms with van der Waals surface area (Å²) in [6, 6.07) is 10.1. The van der Waals surface area contributed by atoms with Gasteiger partial charge in [0.2, 0.25) is 5.95 Å². The molecule has 0 bridgehead atoms. The third kappa shape index (κ3) is 3.26. The van der Waals surface area contributed by atoms with Crippen LogP contribution in [0.2, 0.25) is 5.02 Å². The van der Waals surface area contributed by atoms with Crippen molar-refractivity contribution in [2.24, 2.45) is 0 Å². The smallest absolute Gasteiger partial charge is 0.231 e. The Morgan fingerprint density at radius 2 is 1.85 bits per heavy atom. The van der Waals surface area contributed by atoms with Crippen LogP contribution in [0.25, 0.3) is 16.9 Å². The predicted octanol–water partition coefficient (Wildman–Crippen LogP) is 4.38. The summed E-state index contributed by atoms with van der Waals surface area (Å²) < 4.78 is 28.8. The van der Waals surface area contributed by atoms with Gasteiger partial charge in [-0.05, 0) is 37.3 Å². The molecule has 2 aromatic heterocycles. The maximum Gasteiger partial charge on any atom is 0.231 e. The van der Waals surface area contributed by atoms with Crippen molar-refractivity contribution in [3.63, 3.8) is 0 Å². The molecule has 0 unspecified atom stereocenters. The van der Waals surface area contributed by atoms with E-state index >= 15 is 0 Å². The van der Waals surface area contributed by atoms with Crippen molar-refractivity contribution in [2.45, 2.75) is 6.92 Å². The zero-order valence-electron chi connectivity index (χ0n) is 14.0. The molecule has 0 saturated carbocycles. The summed E-state index contributed by atoms with van der Waals surface area (Å²) in [6.07, 6.45) is 0. The van der Waals surface area contributed by atoms with E-state index in [9.17, 15) is 8.78 Å². The van der Waals surface area contributed by atoms with Crippen LogP contribution in [0, 0.1) is 18.6 Å². The van der Waals surface area contributed by atoms with Gasteiger partial charge in [-0.15, -0.1) is 0 Å². The van der Waals surface area contributed by atoms with Crippen LogP contribution in [0.3, 0.4) is 0 Å². The van der Waals surface area contributed by atoms with Gasteiger partial charge in [0, 0.05) is 17.8 Å². The molecule has 136 valence electrons. The fourth-order valence-electron chi connectivity index (χ4n) is 2.79. The molecule has 27 heavy (non-hydrogen) atoms. The number of rotatable bonds is 3. The zero-order chi connectivity index (χ0) is 19.1. The number of aryl methyl sites for hydroxylation is 1. The molecular formula is C18H13ClF2N6. The van der Waals surface area contributed by atoms with E-state index < -0.39 is 5.82 Å². The zero-order valence-corrected chi connectivity index (χ0v) is 14.8. The van der Waals surface area contributed by atoms with E-state index in [1.54, 1.807) is 29.7 Å². The van der Waals surface area contributed by atoms with Gasteiger partial charge >= 0.3 is 0 Å². The summed E-state index contributed by atoms with van der Waals surface area (Å²) in [5.41, 5.74) is 7.51. The lowest BCUT2D eigenvalue weighted by Gasteiger charge is -2.11. The van der Waals surface area contributed by atoms with E-state index in [0.717, 1.165) is 0 Å². The van der Waals surface area contributed by atoms with Crippen LogP contribution in [-0.4, -0.2) is 19.5 Å². The van der Waals surface area contributed by atoms with Crippen LogP contribution in [0.5, 0.6) is 0 Å². The number of nitrogens with one attached hydrogen (secondary N) is 1. The summed E-state index contributed by atoms with van der Waals surface area (Å²) in [5.74, 6) is 0.504. The maximum atomic E-state index is 13.6. The number of nitrogens with two attached hydrogens (primary N) is 1. The van der Waals surface area contributed by atoms with Gasteiger partial charge in [0.1, 0.15) is 29.1 Å². The van der Waals surface area contributed by atoms with Crippen LogP contribution >= 0.6 is 11.6 Å². The first-order valence-electron chi connectivity index (χ1n) is 7.92. The Labute approximate surface area is 157 Å². The molecule has 9 heteroatoms. The highest BCUT2D eigenvalue weighted by molar-refractivity contribution is 6.30. The van der Waals surface area contributed by atoms with Gasteiger partial charge in [-0.2, -0.15) is 9.97 Å². The van der Waals surface area contributed by atoms with Crippen molar-refractivity contribution in [2.75, 3.05) is 11.1 Å². The number of halogens is 3. The number of imidazole rings is 1. The Morgan fingerprint density at radius 3 is 2.63 bits per heavy atom. The lowest BCUT2D eigenvalue weighted by atomic mass is 10.3. The second-order valence-corrected chi connectivity index (χ2v) is 6.26. The first kappa shape index (κ1) is 17.2. The van der Waals surface area contributed by atoms with Crippen molar-refractivity contribution in [3.05, 3.63) is 64.9 Å². The number of hydrogen-bond acceptors (Lipinski definition) is 5. The Balaban J connectivity index is 1.79. The first-order chi connectivity index (χ1) is 12.9. The Morgan fingerprint density at radius 1 is 1.04 bits per heavy atom. The fraction of sp³-hybridized carbons (Fsp3) is 0.0556. The van der Waals surface area contributed by atoms with Crippen LogP contribution in [0.4, 0.5) is 26.2 Å². The average Bonchev–Trinajstić information content (AvgIpc) is 2.92. The topological polar surface area (TPSA) is 81.7 Å². The summed E-state index contributed by atoms with van der Waals surface area (Å²) in [6.45, 7) is 1.78. The molecule has 0 aliphatic rings. The highest BCUT2D eigenvalue weighted by Gasteiger charge is 2.13. The van der Waals surface area contributed by atoms with Crippen LogP contribution in [0.1, 0.15) is 5.82 Å². The van der Waals surface area contributed by atoms with Crippen LogP contribution in [-0.2, 0) is 0 Å². The van der Waals surface area contributed by atoms with E-state index in [-0.39, 0.29) is 22.6 Å². The van der Waals surface area contributed by atoms with E-state index in [2.05, 4.69) is 20.3 Å². The second-order valence-electron chi connectivity index (χ2n) is 5.86. The van der Waals surface area contributed by atoms with Gasteiger partial charge in [-0.1, -0.05) is 11.6 Å². The number of benzene rings is 2. The summed E-state index contributed by atoms with van der Waals surface area (Å²) in [5, 5.41) is 2.91. The molecule has 0 saturated heterocycles. The maximum absolute atomic E-state index is 13.6. The molecule has 2 aromatic carbocycles. The predicted molar refractivity (Wildman–Crippen MR) is 100 cm³/mol. The van der Waals surface area contributed by atoms with E-state index in [1.165, 1.54) is 24.3 Å². The number of hydrogen-bond donors (Lipinski definition) is 2. The highest BCUT2D eigenvalue weighted by Crippen LogP contribution is 2.25. The molecule has 0 aliphatic heterocycles. The van der Waals surface area contributed by atoms with E-state index in [4.69, 9.17) is 17.3 Å². The summed E-state index contributed by atoms with van der Waals surface area (Å²) >= 11 is 5.69. The molecule has 3 N–H and O–H groups in total. The van der Waals surface area contributed by atoms with Gasteiger partial charge in [-0.3, -0.25) is 4.57 Å². The second kappa shape index (κ2) is 6.48. The first-order valence-corrected chi connectivity index (χ1v) is 8.30. The molecule has 4 aromatic rings. The monoisotopic (exact) mass is 386 g/mol. The minimum atomic E-state index is -0.565. The normalized spacial score (nSPS) is 11.1. The van der Waals surface area contributed by atoms with Gasteiger partial charge in [0.15, 0.2) is 0 Å². The SMILES string of the molecule is Cc1nc2cc(F)ccc2n1-c1cc(N)nc(Nc2ccc(Cl)c(F)c2)n1. The standard InChI is InChI=1S/C18H13ClF2N6/c1-9-23-14-6-10(20)2-5-15(14)27(9)17-8-16(22)25-18(26-17)24-11-3-4-12(19)13(21)7-11/h2-8H,1H3,(H3,22,24,25,26). The van der Waals surface area contributed by atoms with Crippen LogP contribution in [0.15, 0.2) is 42.5 Å². The number of aromatic nitrogens is 4. The minimum absolute atomic E-state index is 0.0162. The molecular weight excluding hydrogens is 374 g/mol. The number of nitrogens with zero attached hydrogens (tertiary/aromatic N) is 4. The quantitative estimate of drug-likeness (QED) is 0.546. The van der Waals surface area contributed by atoms with Crippen molar-refractivity contribution >= 4 is 40.1 Å². The molecule has 0 aliphatic carbocycles. The van der Waals surface area contributed by atoms with Crippen molar-refractivity contribution < 1.29 is 8.78 Å². The molecule has 0 amide bonds. The largest absolute Gasteiger partial charge is 0.383 e. The molecule has 6 nitrogen and oxygen atoms in total. The van der Waals surface area contributed by atoms with Crippen molar-refractivity contribution in [1.29, 1.82) is 0 Å². The van der Waals surface area contributed by atoms with Crippen molar-refractivity contribution in [3.8, 4) is 5.82 Å². The van der Waals surface area contributed by atoms with Gasteiger partial charge < -0.3 is 11.1 Å². The molecule has 0 radical (unpaired) electrons. The lowest BCUT2D eigenvalue weighted by Crippen LogP contribution is -2.07. The van der Waals surface area contributed by atoms with Crippen molar-refractivity contribution in [1.82, 2.24) is 19.5 Å². The lowest BCUT2D eigenvalue weighted by molar-refractivity contribution is 0.628.